The van der Waals surface area contributed by atoms with E-state index in [-0.39, 0.29) is 30.5 Å². The van der Waals surface area contributed by atoms with Gasteiger partial charge in [-0.2, -0.15) is 0 Å². The van der Waals surface area contributed by atoms with Gasteiger partial charge in [-0.25, -0.2) is 0 Å². The molecule has 2 amide bonds. The summed E-state index contributed by atoms with van der Waals surface area (Å²) in [6.45, 7) is -0.170. The number of nitro groups is 1. The quantitative estimate of drug-likeness (QED) is 0.605. The van der Waals surface area contributed by atoms with Crippen molar-refractivity contribution in [2.24, 2.45) is 0 Å². The average molecular weight is 357 g/mol. The third kappa shape index (κ3) is 5.04. The third-order valence-electron chi connectivity index (χ3n) is 3.69. The molecule has 0 heterocycles. The van der Waals surface area contributed by atoms with E-state index in [1.807, 2.05) is 0 Å². The van der Waals surface area contributed by atoms with Crippen molar-refractivity contribution in [1.82, 2.24) is 4.90 Å². The smallest absolute Gasteiger partial charge is 0.273 e. The van der Waals surface area contributed by atoms with Gasteiger partial charge in [-0.3, -0.25) is 19.7 Å². The normalized spacial score (nSPS) is 10.1. The molecule has 0 saturated heterocycles. The van der Waals surface area contributed by atoms with Gasteiger partial charge in [0, 0.05) is 30.4 Å². The van der Waals surface area contributed by atoms with Crippen molar-refractivity contribution >= 4 is 23.2 Å². The zero-order valence-electron chi connectivity index (χ0n) is 14.5. The van der Waals surface area contributed by atoms with Crippen LogP contribution in [0.4, 0.5) is 11.4 Å². The molecule has 0 atom stereocenters. The molecule has 8 heteroatoms. The first kappa shape index (κ1) is 18.9. The van der Waals surface area contributed by atoms with E-state index < -0.39 is 4.92 Å². The summed E-state index contributed by atoms with van der Waals surface area (Å²) in [7, 11) is 3.00. The molecule has 0 aromatic heterocycles. The number of nitro benzene ring substituents is 1. The Bertz CT molecular complexity index is 822. The van der Waals surface area contributed by atoms with Gasteiger partial charge < -0.3 is 15.0 Å². The number of carbonyl (C=O) groups excluding carboxylic acids is 2. The number of nitrogens with one attached hydrogen (secondary N) is 1. The molecule has 2 rings (SSSR count). The van der Waals surface area contributed by atoms with Gasteiger partial charge in [-0.15, -0.1) is 0 Å². The number of anilines is 1. The Hall–Kier alpha value is -3.42. The SMILES string of the molecule is COc1cccc(NC(=O)CN(C)C(=O)Cc2ccccc2[N+](=O)[O-])c1. The summed E-state index contributed by atoms with van der Waals surface area (Å²) in [5, 5.41) is 13.7. The maximum absolute atomic E-state index is 12.3. The molecule has 0 bridgehead atoms. The zero-order valence-corrected chi connectivity index (χ0v) is 14.5. The third-order valence-corrected chi connectivity index (χ3v) is 3.69. The van der Waals surface area contributed by atoms with Crippen LogP contribution in [0.15, 0.2) is 48.5 Å². The molecular weight excluding hydrogens is 338 g/mol. The number of para-hydroxylation sites is 1. The summed E-state index contributed by atoms with van der Waals surface area (Å²) in [6, 6.07) is 12.9. The van der Waals surface area contributed by atoms with Gasteiger partial charge in [0.15, 0.2) is 0 Å². The summed E-state index contributed by atoms with van der Waals surface area (Å²) in [6.07, 6.45) is -0.153. The first-order valence-corrected chi connectivity index (χ1v) is 7.81. The highest BCUT2D eigenvalue weighted by molar-refractivity contribution is 5.94. The fourth-order valence-electron chi connectivity index (χ4n) is 2.34. The Labute approximate surface area is 150 Å². The van der Waals surface area contributed by atoms with Gasteiger partial charge in [-0.05, 0) is 12.1 Å². The van der Waals surface area contributed by atoms with Crippen LogP contribution in [0.3, 0.4) is 0 Å². The average Bonchev–Trinajstić information content (AvgIpc) is 2.61. The molecule has 0 aliphatic rings. The molecule has 0 spiro atoms. The number of hydrogen-bond donors (Lipinski definition) is 1. The number of amides is 2. The topological polar surface area (TPSA) is 102 Å². The number of rotatable bonds is 7. The van der Waals surface area contributed by atoms with E-state index >= 15 is 0 Å². The molecule has 0 saturated carbocycles. The van der Waals surface area contributed by atoms with Crippen LogP contribution >= 0.6 is 0 Å². The minimum absolute atomic E-state index is 0.116. The molecule has 2 aromatic rings. The van der Waals surface area contributed by atoms with Crippen LogP contribution in [0.2, 0.25) is 0 Å². The van der Waals surface area contributed by atoms with Crippen molar-refractivity contribution in [2.75, 3.05) is 26.0 Å². The van der Waals surface area contributed by atoms with Crippen LogP contribution in [0.25, 0.3) is 0 Å². The van der Waals surface area contributed by atoms with Crippen molar-refractivity contribution in [3.63, 3.8) is 0 Å². The van der Waals surface area contributed by atoms with Gasteiger partial charge in [0.05, 0.1) is 25.0 Å². The van der Waals surface area contributed by atoms with E-state index in [1.165, 1.54) is 37.3 Å². The summed E-state index contributed by atoms with van der Waals surface area (Å²) in [5.74, 6) is -0.166. The Balaban J connectivity index is 1.96. The van der Waals surface area contributed by atoms with Gasteiger partial charge in [-0.1, -0.05) is 24.3 Å². The molecular formula is C18H19N3O5. The second-order valence-corrected chi connectivity index (χ2v) is 5.59. The Morgan fingerprint density at radius 3 is 2.62 bits per heavy atom. The summed E-state index contributed by atoms with van der Waals surface area (Å²) >= 11 is 0. The minimum atomic E-state index is -0.530. The molecule has 136 valence electrons. The molecule has 8 nitrogen and oxygen atoms in total. The summed E-state index contributed by atoms with van der Waals surface area (Å²) < 4.78 is 5.08. The largest absolute Gasteiger partial charge is 0.497 e. The summed E-state index contributed by atoms with van der Waals surface area (Å²) in [5.41, 5.74) is 0.742. The van der Waals surface area contributed by atoms with Crippen molar-refractivity contribution < 1.29 is 19.2 Å². The lowest BCUT2D eigenvalue weighted by Crippen LogP contribution is -2.35. The molecule has 0 radical (unpaired) electrons. The Morgan fingerprint density at radius 1 is 1.19 bits per heavy atom. The maximum Gasteiger partial charge on any atom is 0.273 e. The molecule has 1 N–H and O–H groups in total. The van der Waals surface area contributed by atoms with Crippen LogP contribution in [-0.2, 0) is 16.0 Å². The number of carbonyl (C=O) groups is 2. The fourth-order valence-corrected chi connectivity index (χ4v) is 2.34. The van der Waals surface area contributed by atoms with Crippen LogP contribution in [0.1, 0.15) is 5.56 Å². The molecule has 2 aromatic carbocycles. The lowest BCUT2D eigenvalue weighted by Gasteiger charge is -2.17. The number of benzene rings is 2. The number of nitrogens with zero attached hydrogens (tertiary/aromatic N) is 2. The Morgan fingerprint density at radius 2 is 1.92 bits per heavy atom. The molecule has 0 unspecified atom stereocenters. The predicted octanol–water partition coefficient (Wildman–Crippen LogP) is 2.24. The van der Waals surface area contributed by atoms with E-state index in [9.17, 15) is 19.7 Å². The van der Waals surface area contributed by atoms with Crippen LogP contribution < -0.4 is 10.1 Å². The van der Waals surface area contributed by atoms with Crippen LogP contribution in [0.5, 0.6) is 5.75 Å². The minimum Gasteiger partial charge on any atom is -0.497 e. The van der Waals surface area contributed by atoms with Crippen LogP contribution in [0, 0.1) is 10.1 Å². The van der Waals surface area contributed by atoms with E-state index in [1.54, 1.807) is 30.3 Å². The van der Waals surface area contributed by atoms with E-state index in [0.717, 1.165) is 0 Å². The van der Waals surface area contributed by atoms with Crippen molar-refractivity contribution in [3.8, 4) is 5.75 Å². The highest BCUT2D eigenvalue weighted by Gasteiger charge is 2.19. The molecule has 26 heavy (non-hydrogen) atoms. The van der Waals surface area contributed by atoms with E-state index in [2.05, 4.69) is 5.32 Å². The van der Waals surface area contributed by atoms with Crippen LogP contribution in [-0.4, -0.2) is 42.3 Å². The molecule has 0 aliphatic heterocycles. The van der Waals surface area contributed by atoms with E-state index in [4.69, 9.17) is 4.74 Å². The van der Waals surface area contributed by atoms with Gasteiger partial charge >= 0.3 is 0 Å². The standard InChI is InChI=1S/C18H19N3O5/c1-20(12-17(22)19-14-7-5-8-15(11-14)26-2)18(23)10-13-6-3-4-9-16(13)21(24)25/h3-9,11H,10,12H2,1-2H3,(H,19,22). The monoisotopic (exact) mass is 357 g/mol. The Kier molecular flexibility index (Phi) is 6.26. The van der Waals surface area contributed by atoms with Crippen molar-refractivity contribution in [2.45, 2.75) is 6.42 Å². The van der Waals surface area contributed by atoms with Crippen molar-refractivity contribution in [1.29, 1.82) is 0 Å². The van der Waals surface area contributed by atoms with Gasteiger partial charge in [0.2, 0.25) is 11.8 Å². The molecule has 0 aliphatic carbocycles. The number of likely N-dealkylation sites (N-methyl/N-ethyl adjacent to an activating group) is 1. The predicted molar refractivity (Wildman–Crippen MR) is 96.1 cm³/mol. The summed E-state index contributed by atoms with van der Waals surface area (Å²) in [4.78, 5) is 36.1. The first-order chi connectivity index (χ1) is 12.4. The number of methoxy groups -OCH3 is 1. The second kappa shape index (κ2) is 8.61. The zero-order chi connectivity index (χ0) is 19.1. The van der Waals surface area contributed by atoms with Crippen molar-refractivity contribution in [3.05, 3.63) is 64.2 Å². The molecule has 0 fully saturated rings. The number of hydrogen-bond acceptors (Lipinski definition) is 5. The lowest BCUT2D eigenvalue weighted by molar-refractivity contribution is -0.385. The fraction of sp³-hybridized carbons (Fsp3) is 0.222. The highest BCUT2D eigenvalue weighted by Crippen LogP contribution is 2.19. The maximum atomic E-state index is 12.3. The van der Waals surface area contributed by atoms with Gasteiger partial charge in [0.1, 0.15) is 5.75 Å². The lowest BCUT2D eigenvalue weighted by atomic mass is 10.1. The first-order valence-electron chi connectivity index (χ1n) is 7.81. The second-order valence-electron chi connectivity index (χ2n) is 5.59. The number of ether oxygens (including phenoxy) is 1. The van der Waals surface area contributed by atoms with E-state index in [0.29, 0.717) is 17.0 Å². The van der Waals surface area contributed by atoms with Gasteiger partial charge in [0.25, 0.3) is 5.69 Å². The highest BCUT2D eigenvalue weighted by atomic mass is 16.6.